The molecule has 0 saturated carbocycles. The van der Waals surface area contributed by atoms with Crippen LogP contribution in [0.15, 0.2) is 36.5 Å². The van der Waals surface area contributed by atoms with Gasteiger partial charge in [-0.3, -0.25) is 9.88 Å². The number of rotatable bonds is 9. The van der Waals surface area contributed by atoms with Crippen molar-refractivity contribution in [2.45, 2.75) is 128 Å². The third kappa shape index (κ3) is 7.94. The van der Waals surface area contributed by atoms with Gasteiger partial charge in [-0.05, 0) is 74.2 Å². The molecule has 5 heterocycles. The lowest BCUT2D eigenvalue weighted by Crippen LogP contribution is -2.43. The molecule has 0 unspecified atom stereocenters. The maximum absolute atomic E-state index is 17.5. The van der Waals surface area contributed by atoms with Gasteiger partial charge in [-0.2, -0.15) is 9.97 Å². The first-order valence-electron chi connectivity index (χ1n) is 21.6. The number of anilines is 1. The second kappa shape index (κ2) is 16.5. The molecule has 0 N–H and O–H groups in total. The molecule has 9 nitrogen and oxygen atoms in total. The largest absolute Gasteiger partial charge is 0.461 e. The average Bonchev–Trinajstić information content (AvgIpc) is 3.85. The summed E-state index contributed by atoms with van der Waals surface area (Å²) in [6.07, 6.45) is 2.30. The number of hydrogen-bond donors (Lipinski definition) is 0. The van der Waals surface area contributed by atoms with Crippen molar-refractivity contribution >= 4 is 41.7 Å². The van der Waals surface area contributed by atoms with Gasteiger partial charge in [0.25, 0.3) is 0 Å². The third-order valence-corrected chi connectivity index (χ3v) is 19.7. The molecular weight excluding hydrogens is 782 g/mol. The van der Waals surface area contributed by atoms with Crippen molar-refractivity contribution in [1.29, 1.82) is 0 Å². The van der Waals surface area contributed by atoms with Crippen LogP contribution < -0.4 is 9.64 Å². The highest BCUT2D eigenvalue weighted by Gasteiger charge is 2.49. The third-order valence-electron chi connectivity index (χ3n) is 13.5. The SMILES string of the molecule is CC(C)[Si](C#Cc1c(F)ccc2cccc(-c3ncc4c(N(C)[C@H]5CN(C(=O)OC(C)(C)C)C[C@H]5C)nc(OC[C@@]56CCCN5C[C@H](F)C6)nc4c3F)c12)(C(C)C)C(C)C. The van der Waals surface area contributed by atoms with Crippen molar-refractivity contribution in [3.05, 3.63) is 53.7 Å². The molecule has 3 aliphatic rings. The molecule has 322 valence electrons. The number of carbonyl (C=O) groups is 1. The Labute approximate surface area is 354 Å². The molecular formula is C47H61F3N6O3Si. The lowest BCUT2D eigenvalue weighted by molar-refractivity contribution is 0.0287. The molecule has 60 heavy (non-hydrogen) atoms. The van der Waals surface area contributed by atoms with Crippen LogP contribution in [0.2, 0.25) is 16.6 Å². The lowest BCUT2D eigenvalue weighted by atomic mass is 9.95. The summed E-state index contributed by atoms with van der Waals surface area (Å²) < 4.78 is 60.5. The van der Waals surface area contributed by atoms with E-state index < -0.39 is 43.1 Å². The van der Waals surface area contributed by atoms with Crippen molar-refractivity contribution in [3.8, 4) is 28.7 Å². The molecule has 1 amide bonds. The van der Waals surface area contributed by atoms with Gasteiger partial charge in [-0.1, -0.05) is 78.7 Å². The highest BCUT2D eigenvalue weighted by Crippen LogP contribution is 2.43. The highest BCUT2D eigenvalue weighted by atomic mass is 28.3. The first kappa shape index (κ1) is 43.7. The topological polar surface area (TPSA) is 83.9 Å². The van der Waals surface area contributed by atoms with Crippen molar-refractivity contribution in [1.82, 2.24) is 24.8 Å². The quantitative estimate of drug-likeness (QED) is 0.122. The molecule has 0 bridgehead atoms. The summed E-state index contributed by atoms with van der Waals surface area (Å²) in [5.74, 6) is 2.55. The number of nitrogens with zero attached hydrogens (tertiary/aromatic N) is 6. The number of fused-ring (bicyclic) bond motifs is 3. The number of ether oxygens (including phenoxy) is 2. The molecule has 3 fully saturated rings. The van der Waals surface area contributed by atoms with Crippen LogP contribution in [0.5, 0.6) is 6.01 Å². The Kier molecular flexibility index (Phi) is 12.0. The van der Waals surface area contributed by atoms with Gasteiger partial charge in [0.2, 0.25) is 0 Å². The van der Waals surface area contributed by atoms with E-state index in [1.54, 1.807) is 23.2 Å². The summed E-state index contributed by atoms with van der Waals surface area (Å²) in [4.78, 5) is 33.3. The predicted molar refractivity (Wildman–Crippen MR) is 236 cm³/mol. The monoisotopic (exact) mass is 842 g/mol. The molecule has 2 aromatic heterocycles. The minimum absolute atomic E-state index is 0.00190. The van der Waals surface area contributed by atoms with E-state index in [1.165, 1.54) is 6.07 Å². The molecule has 4 aromatic rings. The summed E-state index contributed by atoms with van der Waals surface area (Å²) in [7, 11) is -0.394. The minimum atomic E-state index is -2.26. The van der Waals surface area contributed by atoms with Gasteiger partial charge in [-0.15, -0.1) is 5.54 Å². The fraction of sp³-hybridized carbons (Fsp3) is 0.574. The number of amides is 1. The van der Waals surface area contributed by atoms with Gasteiger partial charge in [0.1, 0.15) is 49.3 Å². The Hall–Kier alpha value is -4.41. The Balaban J connectivity index is 1.36. The minimum Gasteiger partial charge on any atom is -0.461 e. The van der Waals surface area contributed by atoms with E-state index in [0.29, 0.717) is 70.2 Å². The first-order chi connectivity index (χ1) is 28.3. The first-order valence-corrected chi connectivity index (χ1v) is 23.8. The molecule has 4 atom stereocenters. The van der Waals surface area contributed by atoms with Gasteiger partial charge >= 0.3 is 12.1 Å². The zero-order chi connectivity index (χ0) is 43.5. The summed E-state index contributed by atoms with van der Waals surface area (Å²) in [5.41, 5.74) is 4.16. The summed E-state index contributed by atoms with van der Waals surface area (Å²) >= 11 is 0. The fourth-order valence-electron chi connectivity index (χ4n) is 10.6. The van der Waals surface area contributed by atoms with Crippen LogP contribution in [-0.2, 0) is 4.74 Å². The Morgan fingerprint density at radius 3 is 2.43 bits per heavy atom. The molecule has 0 aliphatic carbocycles. The lowest BCUT2D eigenvalue weighted by Gasteiger charge is -2.38. The maximum atomic E-state index is 17.5. The number of aromatic nitrogens is 3. The van der Waals surface area contributed by atoms with Gasteiger partial charge in [0.15, 0.2) is 5.82 Å². The zero-order valence-electron chi connectivity index (χ0n) is 37.1. The number of alkyl halides is 1. The van der Waals surface area contributed by atoms with Crippen molar-refractivity contribution < 1.29 is 27.4 Å². The van der Waals surface area contributed by atoms with E-state index >= 15 is 8.78 Å². The number of carbonyl (C=O) groups excluding carboxylic acids is 1. The maximum Gasteiger partial charge on any atom is 0.410 e. The van der Waals surface area contributed by atoms with E-state index in [2.05, 4.69) is 64.8 Å². The van der Waals surface area contributed by atoms with Crippen LogP contribution in [0.4, 0.5) is 23.8 Å². The van der Waals surface area contributed by atoms with Crippen molar-refractivity contribution in [2.75, 3.05) is 44.7 Å². The number of benzene rings is 2. The number of hydrogen-bond acceptors (Lipinski definition) is 8. The van der Waals surface area contributed by atoms with E-state index in [9.17, 15) is 9.18 Å². The standard InChI is InChI=1S/C47H61F3N6O3Si/c1-28(2)60(29(3)4,30(5)6)21-18-34-37(49)17-16-32-14-12-15-35(39(32)34)41-40(50)42-36(23-51-41)43(54(11)38-26-55(24-31(38)7)45(57)59-46(8,9)10)53-44(52-42)58-27-47-19-13-20-56(47)25-33(48)22-47/h12,14-17,23,28-31,33,38H,13,19-20,22,24-27H2,1-11H3/t31-,33-,38+,47+/m1/s1. The molecule has 3 saturated heterocycles. The number of pyridine rings is 1. The molecule has 3 aliphatic heterocycles. The van der Waals surface area contributed by atoms with E-state index in [1.807, 2.05) is 44.9 Å². The van der Waals surface area contributed by atoms with E-state index in [-0.39, 0.29) is 41.4 Å². The zero-order valence-corrected chi connectivity index (χ0v) is 38.1. The summed E-state index contributed by atoms with van der Waals surface area (Å²) in [6.45, 7) is 23.0. The fourth-order valence-corrected chi connectivity index (χ4v) is 15.8. The average molecular weight is 843 g/mol. The van der Waals surface area contributed by atoms with E-state index in [0.717, 1.165) is 19.4 Å². The van der Waals surface area contributed by atoms with Gasteiger partial charge < -0.3 is 19.3 Å². The van der Waals surface area contributed by atoms with Crippen LogP contribution in [0.25, 0.3) is 32.9 Å². The van der Waals surface area contributed by atoms with Gasteiger partial charge in [0.05, 0.1) is 22.5 Å². The van der Waals surface area contributed by atoms with E-state index in [4.69, 9.17) is 24.4 Å². The molecule has 2 aromatic carbocycles. The van der Waals surface area contributed by atoms with Gasteiger partial charge in [0, 0.05) is 50.2 Å². The molecule has 13 heteroatoms. The van der Waals surface area contributed by atoms with Crippen LogP contribution >= 0.6 is 0 Å². The number of likely N-dealkylation sites (tertiary alicyclic amines) is 1. The van der Waals surface area contributed by atoms with Crippen LogP contribution in [0, 0.1) is 29.0 Å². The smallest absolute Gasteiger partial charge is 0.410 e. The van der Waals surface area contributed by atoms with Crippen LogP contribution in [-0.4, -0.2) is 102 Å². The molecule has 7 rings (SSSR count). The van der Waals surface area contributed by atoms with Gasteiger partial charge in [-0.25, -0.2) is 18.0 Å². The van der Waals surface area contributed by atoms with Crippen LogP contribution in [0.1, 0.15) is 94.1 Å². The Morgan fingerprint density at radius 1 is 1.03 bits per heavy atom. The second-order valence-electron chi connectivity index (χ2n) is 19.4. The van der Waals surface area contributed by atoms with Crippen molar-refractivity contribution in [2.24, 2.45) is 5.92 Å². The Bertz CT molecular complexity index is 2320. The number of halogens is 3. The molecule has 0 spiro atoms. The van der Waals surface area contributed by atoms with Crippen molar-refractivity contribution in [3.63, 3.8) is 0 Å². The number of likely N-dealkylation sites (N-methyl/N-ethyl adjacent to an activating group) is 1. The normalized spacial score (nSPS) is 22.3. The molecule has 0 radical (unpaired) electrons. The summed E-state index contributed by atoms with van der Waals surface area (Å²) in [6, 6.07) is 8.31. The predicted octanol–water partition coefficient (Wildman–Crippen LogP) is 10.3. The van der Waals surface area contributed by atoms with Crippen LogP contribution in [0.3, 0.4) is 0 Å². The summed E-state index contributed by atoms with van der Waals surface area (Å²) in [5, 5.41) is 1.56. The Morgan fingerprint density at radius 2 is 1.75 bits per heavy atom. The second-order valence-corrected chi connectivity index (χ2v) is 25.0. The highest BCUT2D eigenvalue weighted by molar-refractivity contribution is 6.90.